The number of nitrogens with zero attached hydrogens (tertiary/aromatic N) is 1. The zero-order valence-corrected chi connectivity index (χ0v) is 17.3. The molecule has 0 bridgehead atoms. The Morgan fingerprint density at radius 1 is 1.13 bits per heavy atom. The van der Waals surface area contributed by atoms with Gasteiger partial charge in [0.1, 0.15) is 23.0 Å². The second-order valence-corrected chi connectivity index (χ2v) is 8.05. The van der Waals surface area contributed by atoms with Gasteiger partial charge in [0.25, 0.3) is 5.91 Å². The number of pyridine rings is 1. The molecule has 1 aliphatic rings. The van der Waals surface area contributed by atoms with Crippen molar-refractivity contribution in [2.45, 2.75) is 31.4 Å². The van der Waals surface area contributed by atoms with Gasteiger partial charge in [0.05, 0.1) is 5.56 Å². The van der Waals surface area contributed by atoms with E-state index in [1.807, 2.05) is 24.3 Å². The first-order valence-electron chi connectivity index (χ1n) is 9.40. The molecular formula is C22H18Cl2N2O4. The van der Waals surface area contributed by atoms with Crippen LogP contribution in [0.25, 0.3) is 10.8 Å². The van der Waals surface area contributed by atoms with E-state index in [4.69, 9.17) is 27.9 Å². The van der Waals surface area contributed by atoms with Crippen LogP contribution in [0, 0.1) is 0 Å². The lowest BCUT2D eigenvalue weighted by Crippen LogP contribution is -2.59. The van der Waals surface area contributed by atoms with Crippen LogP contribution in [-0.4, -0.2) is 27.5 Å². The normalized spacial score (nSPS) is 14.7. The van der Waals surface area contributed by atoms with Crippen LogP contribution in [0.2, 0.25) is 10.2 Å². The highest BCUT2D eigenvalue weighted by Gasteiger charge is 2.46. The van der Waals surface area contributed by atoms with Gasteiger partial charge in [0.2, 0.25) is 0 Å². The fourth-order valence-corrected chi connectivity index (χ4v) is 3.87. The zero-order valence-electron chi connectivity index (χ0n) is 15.8. The van der Waals surface area contributed by atoms with E-state index < -0.39 is 17.4 Å². The van der Waals surface area contributed by atoms with E-state index in [9.17, 15) is 14.7 Å². The summed E-state index contributed by atoms with van der Waals surface area (Å²) in [5.74, 6) is -1.24. The van der Waals surface area contributed by atoms with Crippen molar-refractivity contribution in [3.63, 3.8) is 0 Å². The largest absolute Gasteiger partial charge is 0.487 e. The highest BCUT2D eigenvalue weighted by molar-refractivity contribution is 6.36. The van der Waals surface area contributed by atoms with Crippen molar-refractivity contribution in [3.05, 3.63) is 70.0 Å². The fraction of sp³-hybridized carbons (Fsp3) is 0.227. The first kappa shape index (κ1) is 20.4. The zero-order chi connectivity index (χ0) is 21.3. The number of rotatable bonds is 6. The molecule has 0 saturated heterocycles. The molecule has 8 heteroatoms. The standard InChI is InChI=1S/C22H18Cl2N2O4/c23-17-10-16(20(27)26-22(21(28)29)8-3-9-22)19(15-5-2-1-4-14(15)17)30-12-13-6-7-18(24)25-11-13/h1-2,4-7,10-11H,3,8-9,12H2,(H,26,27)(H,28,29). The lowest BCUT2D eigenvalue weighted by atomic mass is 9.76. The number of carboxylic acids is 1. The third kappa shape index (κ3) is 3.80. The second kappa shape index (κ2) is 8.13. The van der Waals surface area contributed by atoms with Gasteiger partial charge in [-0.1, -0.05) is 53.5 Å². The van der Waals surface area contributed by atoms with E-state index in [1.165, 1.54) is 6.07 Å². The van der Waals surface area contributed by atoms with Crippen molar-refractivity contribution < 1.29 is 19.4 Å². The lowest BCUT2D eigenvalue weighted by Gasteiger charge is -2.38. The van der Waals surface area contributed by atoms with E-state index in [0.717, 1.165) is 17.4 Å². The molecule has 1 saturated carbocycles. The number of carbonyl (C=O) groups is 2. The quantitative estimate of drug-likeness (QED) is 0.530. The molecule has 0 atom stereocenters. The summed E-state index contributed by atoms with van der Waals surface area (Å²) < 4.78 is 6.03. The Morgan fingerprint density at radius 3 is 2.47 bits per heavy atom. The Kier molecular flexibility index (Phi) is 5.54. The van der Waals surface area contributed by atoms with E-state index in [-0.39, 0.29) is 12.2 Å². The van der Waals surface area contributed by atoms with Crippen molar-refractivity contribution in [1.82, 2.24) is 10.3 Å². The third-order valence-corrected chi connectivity index (χ3v) is 5.87. The number of fused-ring (bicyclic) bond motifs is 1. The Balaban J connectivity index is 1.72. The molecule has 6 nitrogen and oxygen atoms in total. The number of aliphatic carboxylic acids is 1. The van der Waals surface area contributed by atoms with Crippen LogP contribution >= 0.6 is 23.2 Å². The van der Waals surface area contributed by atoms with E-state index in [1.54, 1.807) is 18.3 Å². The predicted octanol–water partition coefficient (Wildman–Crippen LogP) is 4.86. The van der Waals surface area contributed by atoms with Crippen LogP contribution in [0.4, 0.5) is 0 Å². The Hall–Kier alpha value is -2.83. The smallest absolute Gasteiger partial charge is 0.329 e. The average molecular weight is 445 g/mol. The number of aromatic nitrogens is 1. The molecular weight excluding hydrogens is 427 g/mol. The minimum atomic E-state index is -1.24. The summed E-state index contributed by atoms with van der Waals surface area (Å²) in [5.41, 5.74) is -0.286. The maximum absolute atomic E-state index is 13.1. The van der Waals surface area contributed by atoms with E-state index in [0.29, 0.717) is 34.2 Å². The monoisotopic (exact) mass is 444 g/mol. The SMILES string of the molecule is O=C(NC1(C(=O)O)CCC1)c1cc(Cl)c2ccccc2c1OCc1ccc(Cl)nc1. The molecule has 4 rings (SSSR count). The van der Waals surface area contributed by atoms with Gasteiger partial charge in [-0.05, 0) is 31.4 Å². The maximum atomic E-state index is 13.1. The van der Waals surface area contributed by atoms with Crippen molar-refractivity contribution in [2.75, 3.05) is 0 Å². The van der Waals surface area contributed by atoms with E-state index in [2.05, 4.69) is 10.3 Å². The van der Waals surface area contributed by atoms with Crippen LogP contribution in [0.5, 0.6) is 5.75 Å². The van der Waals surface area contributed by atoms with Crippen molar-refractivity contribution >= 4 is 45.9 Å². The molecule has 3 aromatic rings. The molecule has 0 radical (unpaired) electrons. The number of benzene rings is 2. The van der Waals surface area contributed by atoms with Gasteiger partial charge in [-0.15, -0.1) is 0 Å². The van der Waals surface area contributed by atoms with Crippen LogP contribution in [-0.2, 0) is 11.4 Å². The number of hydrogen-bond donors (Lipinski definition) is 2. The molecule has 1 fully saturated rings. The van der Waals surface area contributed by atoms with Gasteiger partial charge in [-0.3, -0.25) is 4.79 Å². The number of nitrogens with one attached hydrogen (secondary N) is 1. The molecule has 30 heavy (non-hydrogen) atoms. The van der Waals surface area contributed by atoms with Gasteiger partial charge in [0, 0.05) is 27.6 Å². The summed E-state index contributed by atoms with van der Waals surface area (Å²) in [7, 11) is 0. The molecule has 0 unspecified atom stereocenters. The second-order valence-electron chi connectivity index (χ2n) is 7.25. The number of halogens is 2. The highest BCUT2D eigenvalue weighted by Crippen LogP contribution is 2.37. The Morgan fingerprint density at radius 2 is 1.87 bits per heavy atom. The summed E-state index contributed by atoms with van der Waals surface area (Å²) in [6, 6.07) is 12.3. The molecule has 2 aromatic carbocycles. The lowest BCUT2D eigenvalue weighted by molar-refractivity contribution is -0.148. The number of amides is 1. The Labute approximate surface area is 182 Å². The number of ether oxygens (including phenoxy) is 1. The molecule has 1 amide bonds. The average Bonchev–Trinajstić information content (AvgIpc) is 2.70. The summed E-state index contributed by atoms with van der Waals surface area (Å²) in [6.07, 6.45) is 3.12. The summed E-state index contributed by atoms with van der Waals surface area (Å²) in [6.45, 7) is 0.153. The van der Waals surface area contributed by atoms with Crippen molar-refractivity contribution in [1.29, 1.82) is 0 Å². The van der Waals surface area contributed by atoms with Gasteiger partial charge in [-0.25, -0.2) is 9.78 Å². The molecule has 2 N–H and O–H groups in total. The van der Waals surface area contributed by atoms with Crippen LogP contribution in [0.1, 0.15) is 35.2 Å². The molecule has 154 valence electrons. The number of carboxylic acid groups (broad SMARTS) is 1. The third-order valence-electron chi connectivity index (χ3n) is 5.33. The van der Waals surface area contributed by atoms with Crippen LogP contribution in [0.15, 0.2) is 48.7 Å². The first-order chi connectivity index (χ1) is 14.4. The maximum Gasteiger partial charge on any atom is 0.329 e. The van der Waals surface area contributed by atoms with Gasteiger partial charge < -0.3 is 15.2 Å². The number of hydrogen-bond acceptors (Lipinski definition) is 4. The van der Waals surface area contributed by atoms with Crippen LogP contribution < -0.4 is 10.1 Å². The fourth-order valence-electron chi connectivity index (χ4n) is 3.48. The van der Waals surface area contributed by atoms with Gasteiger partial charge in [-0.2, -0.15) is 0 Å². The van der Waals surface area contributed by atoms with Crippen molar-refractivity contribution in [2.24, 2.45) is 0 Å². The minimum Gasteiger partial charge on any atom is -0.487 e. The molecule has 0 aliphatic heterocycles. The van der Waals surface area contributed by atoms with Gasteiger partial charge in [0.15, 0.2) is 0 Å². The summed E-state index contributed by atoms with van der Waals surface area (Å²) >= 11 is 12.2. The molecule has 1 aromatic heterocycles. The Bertz CT molecular complexity index is 1130. The predicted molar refractivity (Wildman–Crippen MR) is 114 cm³/mol. The van der Waals surface area contributed by atoms with Gasteiger partial charge >= 0.3 is 5.97 Å². The first-order valence-corrected chi connectivity index (χ1v) is 10.2. The van der Waals surface area contributed by atoms with Crippen molar-refractivity contribution in [3.8, 4) is 5.75 Å². The van der Waals surface area contributed by atoms with Crippen LogP contribution in [0.3, 0.4) is 0 Å². The molecule has 0 spiro atoms. The summed E-state index contributed by atoms with van der Waals surface area (Å²) in [4.78, 5) is 28.8. The minimum absolute atomic E-state index is 0.153. The molecule has 1 heterocycles. The van der Waals surface area contributed by atoms with E-state index >= 15 is 0 Å². The highest BCUT2D eigenvalue weighted by atomic mass is 35.5. The number of carbonyl (C=O) groups excluding carboxylic acids is 1. The topological polar surface area (TPSA) is 88.5 Å². The molecule has 1 aliphatic carbocycles. The summed E-state index contributed by atoms with van der Waals surface area (Å²) in [5, 5.41) is 14.4.